The van der Waals surface area contributed by atoms with Crippen molar-refractivity contribution in [2.75, 3.05) is 5.43 Å². The lowest BCUT2D eigenvalue weighted by Gasteiger charge is -2.02. The van der Waals surface area contributed by atoms with Crippen LogP contribution in [-0.2, 0) is 0 Å². The van der Waals surface area contributed by atoms with Crippen LogP contribution in [0.15, 0.2) is 42.6 Å². The van der Waals surface area contributed by atoms with Crippen LogP contribution in [0.1, 0.15) is 0 Å². The molecule has 14 heavy (non-hydrogen) atoms. The number of nitrogens with zero attached hydrogens (tertiary/aromatic N) is 2. The number of hydrogen-bond acceptors (Lipinski definition) is 4. The first-order valence-electron chi connectivity index (χ1n) is 4.25. The third-order valence-electron chi connectivity index (χ3n) is 1.91. The average Bonchev–Trinajstić information content (AvgIpc) is 2.30. The van der Waals surface area contributed by atoms with Gasteiger partial charge in [-0.1, -0.05) is 30.3 Å². The summed E-state index contributed by atoms with van der Waals surface area (Å²) in [5.41, 5.74) is 4.55. The highest BCUT2D eigenvalue weighted by atomic mass is 15.3. The van der Waals surface area contributed by atoms with Gasteiger partial charge in [-0.2, -0.15) is 5.10 Å². The number of benzene rings is 1. The van der Waals surface area contributed by atoms with E-state index in [1.54, 1.807) is 6.20 Å². The van der Waals surface area contributed by atoms with E-state index in [1.807, 2.05) is 36.4 Å². The van der Waals surface area contributed by atoms with Crippen molar-refractivity contribution < 1.29 is 0 Å². The number of hydrogen-bond donors (Lipinski definition) is 2. The molecule has 1 aromatic carbocycles. The van der Waals surface area contributed by atoms with E-state index in [9.17, 15) is 0 Å². The molecule has 0 aliphatic rings. The minimum absolute atomic E-state index is 0.561. The van der Waals surface area contributed by atoms with E-state index in [-0.39, 0.29) is 0 Å². The Morgan fingerprint density at radius 3 is 2.57 bits per heavy atom. The summed E-state index contributed by atoms with van der Waals surface area (Å²) >= 11 is 0. The molecule has 70 valence electrons. The fourth-order valence-electron chi connectivity index (χ4n) is 1.23. The van der Waals surface area contributed by atoms with Crippen molar-refractivity contribution in [1.29, 1.82) is 0 Å². The first kappa shape index (κ1) is 8.65. The average molecular weight is 186 g/mol. The maximum atomic E-state index is 5.24. The highest BCUT2D eigenvalue weighted by Crippen LogP contribution is 2.18. The number of aromatic nitrogens is 2. The Bertz CT molecular complexity index is 413. The molecular formula is C10H10N4. The quantitative estimate of drug-likeness (QED) is 0.550. The molecule has 0 saturated heterocycles. The Balaban J connectivity index is 2.42. The van der Waals surface area contributed by atoms with E-state index in [4.69, 9.17) is 5.84 Å². The summed E-state index contributed by atoms with van der Waals surface area (Å²) in [7, 11) is 0. The molecule has 0 unspecified atom stereocenters. The SMILES string of the molecule is NNc1cc(-c2ccccc2)cnn1. The van der Waals surface area contributed by atoms with E-state index in [1.165, 1.54) is 0 Å². The Morgan fingerprint density at radius 2 is 1.86 bits per heavy atom. The van der Waals surface area contributed by atoms with E-state index < -0.39 is 0 Å². The standard InChI is InChI=1S/C10H10N4/c11-13-10-6-9(7-12-14-10)8-4-2-1-3-5-8/h1-7H,11H2,(H,13,14). The van der Waals surface area contributed by atoms with Gasteiger partial charge in [0.15, 0.2) is 5.82 Å². The molecule has 4 nitrogen and oxygen atoms in total. The van der Waals surface area contributed by atoms with Gasteiger partial charge in [-0.15, -0.1) is 5.10 Å². The molecule has 0 aliphatic heterocycles. The van der Waals surface area contributed by atoms with Gasteiger partial charge in [0.1, 0.15) is 0 Å². The van der Waals surface area contributed by atoms with Crippen LogP contribution >= 0.6 is 0 Å². The Hall–Kier alpha value is -1.94. The second kappa shape index (κ2) is 3.85. The number of rotatable bonds is 2. The molecule has 0 atom stereocenters. The number of hydrazine groups is 1. The van der Waals surface area contributed by atoms with Crippen LogP contribution in [0.2, 0.25) is 0 Å². The van der Waals surface area contributed by atoms with Crippen molar-refractivity contribution in [1.82, 2.24) is 10.2 Å². The first-order valence-corrected chi connectivity index (χ1v) is 4.25. The summed E-state index contributed by atoms with van der Waals surface area (Å²) in [6.07, 6.45) is 1.70. The van der Waals surface area contributed by atoms with Crippen molar-refractivity contribution in [3.8, 4) is 11.1 Å². The minimum Gasteiger partial charge on any atom is -0.307 e. The van der Waals surface area contributed by atoms with Gasteiger partial charge in [0, 0.05) is 5.56 Å². The fraction of sp³-hybridized carbons (Fsp3) is 0. The second-order valence-electron chi connectivity index (χ2n) is 2.84. The molecule has 0 radical (unpaired) electrons. The topological polar surface area (TPSA) is 63.8 Å². The second-order valence-corrected chi connectivity index (χ2v) is 2.84. The Kier molecular flexibility index (Phi) is 2.38. The summed E-state index contributed by atoms with van der Waals surface area (Å²) in [4.78, 5) is 0. The maximum absolute atomic E-state index is 5.24. The molecule has 2 aromatic rings. The van der Waals surface area contributed by atoms with Gasteiger partial charge in [-0.05, 0) is 11.6 Å². The number of nitrogens with two attached hydrogens (primary N) is 1. The van der Waals surface area contributed by atoms with Gasteiger partial charge < -0.3 is 5.43 Å². The van der Waals surface area contributed by atoms with Crippen molar-refractivity contribution in [3.63, 3.8) is 0 Å². The van der Waals surface area contributed by atoms with Crippen molar-refractivity contribution in [3.05, 3.63) is 42.6 Å². The Labute approximate surface area is 81.8 Å². The number of nitrogen functional groups attached to an aromatic ring is 1. The summed E-state index contributed by atoms with van der Waals surface area (Å²) in [5.74, 6) is 5.81. The van der Waals surface area contributed by atoms with Crippen molar-refractivity contribution >= 4 is 5.82 Å². The van der Waals surface area contributed by atoms with Gasteiger partial charge in [0.25, 0.3) is 0 Å². The van der Waals surface area contributed by atoms with E-state index >= 15 is 0 Å². The van der Waals surface area contributed by atoms with E-state index in [0.717, 1.165) is 11.1 Å². The predicted molar refractivity (Wildman–Crippen MR) is 55.3 cm³/mol. The third-order valence-corrected chi connectivity index (χ3v) is 1.91. The van der Waals surface area contributed by atoms with Gasteiger partial charge in [-0.25, -0.2) is 5.84 Å². The van der Waals surface area contributed by atoms with Gasteiger partial charge in [-0.3, -0.25) is 0 Å². The van der Waals surface area contributed by atoms with Gasteiger partial charge in [0.2, 0.25) is 0 Å². The minimum atomic E-state index is 0.561. The number of nitrogens with one attached hydrogen (secondary N) is 1. The van der Waals surface area contributed by atoms with Crippen LogP contribution in [0.25, 0.3) is 11.1 Å². The lowest BCUT2D eigenvalue weighted by molar-refractivity contribution is 1.02. The molecule has 0 amide bonds. The lowest BCUT2D eigenvalue weighted by Crippen LogP contribution is -2.08. The summed E-state index contributed by atoms with van der Waals surface area (Å²) in [6.45, 7) is 0. The van der Waals surface area contributed by atoms with Crippen LogP contribution in [0.3, 0.4) is 0 Å². The lowest BCUT2D eigenvalue weighted by atomic mass is 10.1. The monoisotopic (exact) mass is 186 g/mol. The highest BCUT2D eigenvalue weighted by Gasteiger charge is 1.98. The summed E-state index contributed by atoms with van der Waals surface area (Å²) in [5, 5.41) is 7.64. The van der Waals surface area contributed by atoms with Crippen LogP contribution in [0, 0.1) is 0 Å². The molecule has 0 aliphatic carbocycles. The fourth-order valence-corrected chi connectivity index (χ4v) is 1.23. The molecule has 0 bridgehead atoms. The van der Waals surface area contributed by atoms with Crippen LogP contribution in [0.4, 0.5) is 5.82 Å². The Morgan fingerprint density at radius 1 is 1.07 bits per heavy atom. The van der Waals surface area contributed by atoms with Gasteiger partial charge in [0.05, 0.1) is 6.20 Å². The smallest absolute Gasteiger partial charge is 0.163 e. The zero-order chi connectivity index (χ0) is 9.80. The third kappa shape index (κ3) is 1.70. The maximum Gasteiger partial charge on any atom is 0.163 e. The summed E-state index contributed by atoms with van der Waals surface area (Å²) in [6, 6.07) is 11.8. The van der Waals surface area contributed by atoms with E-state index in [2.05, 4.69) is 15.6 Å². The summed E-state index contributed by atoms with van der Waals surface area (Å²) < 4.78 is 0. The van der Waals surface area contributed by atoms with Crippen LogP contribution < -0.4 is 11.3 Å². The van der Waals surface area contributed by atoms with E-state index in [0.29, 0.717) is 5.82 Å². The largest absolute Gasteiger partial charge is 0.307 e. The molecular weight excluding hydrogens is 176 g/mol. The molecule has 0 spiro atoms. The van der Waals surface area contributed by atoms with Crippen molar-refractivity contribution in [2.45, 2.75) is 0 Å². The van der Waals surface area contributed by atoms with Gasteiger partial charge >= 0.3 is 0 Å². The zero-order valence-corrected chi connectivity index (χ0v) is 7.51. The molecule has 2 rings (SSSR count). The van der Waals surface area contributed by atoms with Crippen molar-refractivity contribution in [2.24, 2.45) is 5.84 Å². The highest BCUT2D eigenvalue weighted by molar-refractivity contribution is 5.64. The molecule has 1 aromatic heterocycles. The molecule has 0 saturated carbocycles. The first-order chi connectivity index (χ1) is 6.90. The predicted octanol–water partition coefficient (Wildman–Crippen LogP) is 1.43. The zero-order valence-electron chi connectivity index (χ0n) is 7.51. The van der Waals surface area contributed by atoms with Crippen LogP contribution in [0.5, 0.6) is 0 Å². The molecule has 1 heterocycles. The number of anilines is 1. The normalized spacial score (nSPS) is 9.79. The molecule has 0 fully saturated rings. The van der Waals surface area contributed by atoms with Crippen LogP contribution in [-0.4, -0.2) is 10.2 Å². The molecule has 3 N–H and O–H groups in total. The molecule has 4 heteroatoms.